The predicted octanol–water partition coefficient (Wildman–Crippen LogP) is 4.16. The van der Waals surface area contributed by atoms with Crippen LogP contribution in [0.1, 0.15) is 12.5 Å². The number of allylic oxidation sites excluding steroid dienone is 1. The Labute approximate surface area is 127 Å². The van der Waals surface area contributed by atoms with Crippen LogP contribution < -0.4 is 0 Å². The predicted molar refractivity (Wildman–Crippen MR) is 80.4 cm³/mol. The van der Waals surface area contributed by atoms with E-state index in [0.717, 1.165) is 11.3 Å². The fourth-order valence-corrected chi connectivity index (χ4v) is 2.24. The first-order chi connectivity index (χ1) is 9.63. The van der Waals surface area contributed by atoms with Gasteiger partial charge in [0.2, 0.25) is 0 Å². The molecular formula is C14H14Cl2N2O2. The molecule has 2 rings (SSSR count). The molecule has 106 valence electrons. The normalized spacial score (nSPS) is 12.2. The van der Waals surface area contributed by atoms with Crippen molar-refractivity contribution in [3.05, 3.63) is 52.5 Å². The smallest absolute Gasteiger partial charge is 0.188 e. The number of methoxy groups -OCH3 is 1. The summed E-state index contributed by atoms with van der Waals surface area (Å²) in [5.74, 6) is 0.617. The molecule has 1 aromatic heterocycles. The maximum atomic E-state index is 6.24. The van der Waals surface area contributed by atoms with Gasteiger partial charge in [-0.2, -0.15) is 0 Å². The van der Waals surface area contributed by atoms with Crippen molar-refractivity contribution >= 4 is 34.7 Å². The fourth-order valence-electron chi connectivity index (χ4n) is 1.74. The lowest BCUT2D eigenvalue weighted by Crippen LogP contribution is -2.03. The Hall–Kier alpha value is -1.49. The first kappa shape index (κ1) is 14.9. The van der Waals surface area contributed by atoms with E-state index in [2.05, 4.69) is 4.98 Å². The number of ether oxygens (including phenoxy) is 2. The van der Waals surface area contributed by atoms with Crippen LogP contribution in [0.2, 0.25) is 10.0 Å². The zero-order valence-electron chi connectivity index (χ0n) is 11.1. The molecule has 6 heteroatoms. The Morgan fingerprint density at radius 2 is 2.15 bits per heavy atom. The number of halogens is 2. The molecule has 0 saturated heterocycles. The number of rotatable bonds is 5. The van der Waals surface area contributed by atoms with Crippen LogP contribution in [-0.4, -0.2) is 23.5 Å². The van der Waals surface area contributed by atoms with Crippen LogP contribution in [0.3, 0.4) is 0 Å². The highest BCUT2D eigenvalue weighted by Gasteiger charge is 2.13. The number of benzene rings is 1. The van der Waals surface area contributed by atoms with E-state index in [1.165, 1.54) is 0 Å². The second kappa shape index (κ2) is 6.79. The van der Waals surface area contributed by atoms with E-state index in [9.17, 15) is 0 Å². The molecule has 1 aromatic carbocycles. The third kappa shape index (κ3) is 3.33. The van der Waals surface area contributed by atoms with Crippen molar-refractivity contribution in [2.24, 2.45) is 0 Å². The molecule has 0 spiro atoms. The molecule has 2 aromatic rings. The van der Waals surface area contributed by atoms with Crippen LogP contribution in [0.25, 0.3) is 11.5 Å². The Balaban J connectivity index is 2.49. The first-order valence-electron chi connectivity index (χ1n) is 5.90. The average Bonchev–Trinajstić information content (AvgIpc) is 2.94. The van der Waals surface area contributed by atoms with Gasteiger partial charge in [0.1, 0.15) is 0 Å². The van der Waals surface area contributed by atoms with Gasteiger partial charge in [0.15, 0.2) is 12.6 Å². The Kier molecular flexibility index (Phi) is 5.06. The monoisotopic (exact) mass is 312 g/mol. The fraction of sp³-hybridized carbons (Fsp3) is 0.214. The van der Waals surface area contributed by atoms with Crippen LogP contribution in [0.15, 0.2) is 36.9 Å². The molecule has 0 N–H and O–H groups in total. The molecular weight excluding hydrogens is 299 g/mol. The highest BCUT2D eigenvalue weighted by molar-refractivity contribution is 6.35. The molecule has 0 aliphatic rings. The van der Waals surface area contributed by atoms with Gasteiger partial charge >= 0.3 is 0 Å². The highest BCUT2D eigenvalue weighted by atomic mass is 35.5. The topological polar surface area (TPSA) is 36.3 Å². The summed E-state index contributed by atoms with van der Waals surface area (Å²) in [6, 6.07) is 5.26. The summed E-state index contributed by atoms with van der Waals surface area (Å²) in [5, 5.41) is 1.09. The lowest BCUT2D eigenvalue weighted by Gasteiger charge is -2.15. The third-order valence-electron chi connectivity index (χ3n) is 2.72. The molecule has 0 atom stereocenters. The molecule has 20 heavy (non-hydrogen) atoms. The van der Waals surface area contributed by atoms with Gasteiger partial charge in [0.25, 0.3) is 0 Å². The molecule has 0 radical (unpaired) electrons. The highest BCUT2D eigenvalue weighted by Crippen LogP contribution is 2.31. The van der Waals surface area contributed by atoms with Gasteiger partial charge in [-0.05, 0) is 25.1 Å². The minimum absolute atomic E-state index is 0.125. The Bertz CT molecular complexity index is 610. The van der Waals surface area contributed by atoms with Crippen LogP contribution in [0.4, 0.5) is 0 Å². The van der Waals surface area contributed by atoms with Crippen LogP contribution in [0, 0.1) is 0 Å². The molecule has 4 nitrogen and oxygen atoms in total. The number of hydrogen-bond acceptors (Lipinski definition) is 3. The van der Waals surface area contributed by atoms with E-state index >= 15 is 0 Å². The number of nitrogens with zero attached hydrogens (tertiary/aromatic N) is 2. The second-order valence-corrected chi connectivity index (χ2v) is 4.90. The van der Waals surface area contributed by atoms with Crippen molar-refractivity contribution in [2.75, 3.05) is 13.9 Å². The zero-order chi connectivity index (χ0) is 14.5. The maximum Gasteiger partial charge on any atom is 0.188 e. The van der Waals surface area contributed by atoms with E-state index in [1.807, 2.05) is 23.8 Å². The largest absolute Gasteiger partial charge is 0.465 e. The van der Waals surface area contributed by atoms with Crippen molar-refractivity contribution in [3.8, 4) is 0 Å². The Morgan fingerprint density at radius 1 is 1.35 bits per heavy atom. The Morgan fingerprint density at radius 3 is 2.75 bits per heavy atom. The molecule has 0 saturated carbocycles. The first-order valence-corrected chi connectivity index (χ1v) is 6.65. The summed E-state index contributed by atoms with van der Waals surface area (Å²) < 4.78 is 12.5. The third-order valence-corrected chi connectivity index (χ3v) is 3.26. The van der Waals surface area contributed by atoms with E-state index in [4.69, 9.17) is 32.7 Å². The quantitative estimate of drug-likeness (QED) is 0.614. The number of imidazole rings is 1. The molecule has 0 unspecified atom stereocenters. The van der Waals surface area contributed by atoms with Gasteiger partial charge in [-0.25, -0.2) is 4.98 Å². The molecule has 0 aliphatic heterocycles. The van der Waals surface area contributed by atoms with E-state index in [-0.39, 0.29) is 6.79 Å². The average molecular weight is 313 g/mol. The summed E-state index contributed by atoms with van der Waals surface area (Å²) in [6.07, 6.45) is 5.21. The standard InChI is InChI=1S/C14H14Cl2N2O2/c1-10(18-6-5-17-8-18)14(20-9-19-2)12-4-3-11(15)7-13(12)16/h3-8H,9H2,1-2H3. The second-order valence-electron chi connectivity index (χ2n) is 4.06. The molecule has 0 amide bonds. The van der Waals surface area contributed by atoms with Crippen molar-refractivity contribution < 1.29 is 9.47 Å². The minimum Gasteiger partial charge on any atom is -0.465 e. The summed E-state index contributed by atoms with van der Waals surface area (Å²) in [5.41, 5.74) is 1.60. The van der Waals surface area contributed by atoms with Gasteiger partial charge in [-0.3, -0.25) is 0 Å². The van der Waals surface area contributed by atoms with Crippen molar-refractivity contribution in [1.82, 2.24) is 9.55 Å². The van der Waals surface area contributed by atoms with Gasteiger partial charge < -0.3 is 14.0 Å². The van der Waals surface area contributed by atoms with Gasteiger partial charge in [0, 0.05) is 30.1 Å². The van der Waals surface area contributed by atoms with E-state index < -0.39 is 0 Å². The van der Waals surface area contributed by atoms with Gasteiger partial charge in [-0.15, -0.1) is 0 Å². The molecule has 0 aliphatic carbocycles. The maximum absolute atomic E-state index is 6.24. The van der Waals surface area contributed by atoms with Crippen molar-refractivity contribution in [3.63, 3.8) is 0 Å². The van der Waals surface area contributed by atoms with E-state index in [1.54, 1.807) is 31.8 Å². The van der Waals surface area contributed by atoms with E-state index in [0.29, 0.717) is 15.8 Å². The van der Waals surface area contributed by atoms with Crippen LogP contribution in [-0.2, 0) is 9.47 Å². The van der Waals surface area contributed by atoms with Crippen LogP contribution in [0.5, 0.6) is 0 Å². The van der Waals surface area contributed by atoms with Gasteiger partial charge in [0.05, 0.1) is 17.0 Å². The summed E-state index contributed by atoms with van der Waals surface area (Å²) in [4.78, 5) is 4.02. The minimum atomic E-state index is 0.125. The summed E-state index contributed by atoms with van der Waals surface area (Å²) in [7, 11) is 1.56. The van der Waals surface area contributed by atoms with Crippen LogP contribution >= 0.6 is 23.2 Å². The zero-order valence-corrected chi connectivity index (χ0v) is 12.6. The SMILES string of the molecule is COCOC(=C(C)n1ccnc1)c1ccc(Cl)cc1Cl. The molecule has 0 fully saturated rings. The lowest BCUT2D eigenvalue weighted by molar-refractivity contribution is 0.0318. The number of hydrogen-bond donors (Lipinski definition) is 0. The molecule has 1 heterocycles. The number of aromatic nitrogens is 2. The van der Waals surface area contributed by atoms with Gasteiger partial charge in [-0.1, -0.05) is 23.2 Å². The van der Waals surface area contributed by atoms with Crippen molar-refractivity contribution in [2.45, 2.75) is 6.92 Å². The molecule has 0 bridgehead atoms. The summed E-state index contributed by atoms with van der Waals surface area (Å²) >= 11 is 12.2. The van der Waals surface area contributed by atoms with Crippen molar-refractivity contribution in [1.29, 1.82) is 0 Å². The summed E-state index contributed by atoms with van der Waals surface area (Å²) in [6.45, 7) is 2.04. The lowest BCUT2D eigenvalue weighted by atomic mass is 10.1.